The molecule has 0 amide bonds. The lowest BCUT2D eigenvalue weighted by molar-refractivity contribution is 0.214. The van der Waals surface area contributed by atoms with Crippen LogP contribution in [0.25, 0.3) is 0 Å². The molecule has 0 unspecified atom stereocenters. The summed E-state index contributed by atoms with van der Waals surface area (Å²) in [5.74, 6) is 2.17. The molecule has 0 saturated carbocycles. The van der Waals surface area contributed by atoms with E-state index in [1.807, 2.05) is 0 Å². The zero-order valence-corrected chi connectivity index (χ0v) is 12.3. The van der Waals surface area contributed by atoms with Crippen molar-refractivity contribution in [1.29, 1.82) is 0 Å². The molecule has 1 heterocycles. The first-order valence-corrected chi connectivity index (χ1v) is 7.30. The second-order valence-corrected chi connectivity index (χ2v) is 5.91. The van der Waals surface area contributed by atoms with Gasteiger partial charge in [-0.1, -0.05) is 13.8 Å². The normalized spacial score (nSPS) is 19.4. The number of nitrogens with zero attached hydrogens (tertiary/aromatic N) is 2. The average Bonchev–Trinajstić information content (AvgIpc) is 2.31. The fourth-order valence-electron chi connectivity index (χ4n) is 2.26. The Kier molecular flexibility index (Phi) is 7.09. The molecule has 106 valence electrons. The van der Waals surface area contributed by atoms with Crippen molar-refractivity contribution < 1.29 is 0 Å². The first-order chi connectivity index (χ1) is 8.58. The minimum atomic E-state index is 0.614. The maximum Gasteiger partial charge on any atom is 0.188 e. The highest BCUT2D eigenvalue weighted by atomic mass is 15.1. The summed E-state index contributed by atoms with van der Waals surface area (Å²) in [7, 11) is 2.20. The smallest absolute Gasteiger partial charge is 0.188 e. The molecule has 1 saturated heterocycles. The first kappa shape index (κ1) is 15.3. The fourth-order valence-corrected chi connectivity index (χ4v) is 2.26. The Morgan fingerprint density at radius 3 is 2.67 bits per heavy atom. The average molecular weight is 254 g/mol. The molecule has 0 radical (unpaired) electrons. The molecule has 1 aliphatic heterocycles. The molecular formula is C14H30N4. The largest absolute Gasteiger partial charge is 0.370 e. The number of nitrogens with one attached hydrogen (secondary N) is 1. The summed E-state index contributed by atoms with van der Waals surface area (Å²) in [6, 6.07) is 0. The minimum Gasteiger partial charge on any atom is -0.370 e. The van der Waals surface area contributed by atoms with Gasteiger partial charge < -0.3 is 16.0 Å². The number of nitrogens with two attached hydrogens (primary N) is 1. The zero-order chi connectivity index (χ0) is 13.4. The Bertz CT molecular complexity index is 242. The first-order valence-electron chi connectivity index (χ1n) is 7.30. The quantitative estimate of drug-likeness (QED) is 0.560. The second-order valence-electron chi connectivity index (χ2n) is 5.91. The van der Waals surface area contributed by atoms with Gasteiger partial charge in [-0.3, -0.25) is 4.99 Å². The van der Waals surface area contributed by atoms with E-state index in [-0.39, 0.29) is 0 Å². The van der Waals surface area contributed by atoms with E-state index in [2.05, 4.69) is 36.1 Å². The summed E-state index contributed by atoms with van der Waals surface area (Å²) in [4.78, 5) is 6.81. The SMILES string of the molecule is CC(C)CCNC(N)=NCCC1CCN(C)CC1. The molecule has 0 atom stereocenters. The van der Waals surface area contributed by atoms with E-state index in [1.165, 1.54) is 32.4 Å². The molecule has 4 heteroatoms. The van der Waals surface area contributed by atoms with Crippen LogP contribution in [0, 0.1) is 11.8 Å². The van der Waals surface area contributed by atoms with Crippen LogP contribution in [-0.4, -0.2) is 44.1 Å². The van der Waals surface area contributed by atoms with Crippen LogP contribution in [0.3, 0.4) is 0 Å². The minimum absolute atomic E-state index is 0.614. The lowest BCUT2D eigenvalue weighted by Crippen LogP contribution is -2.33. The van der Waals surface area contributed by atoms with Gasteiger partial charge in [0.25, 0.3) is 0 Å². The highest BCUT2D eigenvalue weighted by Gasteiger charge is 2.15. The molecule has 0 bridgehead atoms. The van der Waals surface area contributed by atoms with Gasteiger partial charge in [0.1, 0.15) is 0 Å². The Morgan fingerprint density at radius 1 is 1.39 bits per heavy atom. The number of guanidine groups is 1. The van der Waals surface area contributed by atoms with Gasteiger partial charge in [0.2, 0.25) is 0 Å². The third kappa shape index (κ3) is 6.84. The van der Waals surface area contributed by atoms with Crippen molar-refractivity contribution in [3.05, 3.63) is 0 Å². The molecule has 1 fully saturated rings. The van der Waals surface area contributed by atoms with E-state index >= 15 is 0 Å². The maximum atomic E-state index is 5.83. The van der Waals surface area contributed by atoms with Crippen LogP contribution >= 0.6 is 0 Å². The Hall–Kier alpha value is -0.770. The predicted octanol–water partition coefficient (Wildman–Crippen LogP) is 1.67. The van der Waals surface area contributed by atoms with Crippen molar-refractivity contribution in [2.24, 2.45) is 22.6 Å². The third-order valence-corrected chi connectivity index (χ3v) is 3.69. The van der Waals surface area contributed by atoms with E-state index in [4.69, 9.17) is 5.73 Å². The summed E-state index contributed by atoms with van der Waals surface area (Å²) in [6.45, 7) is 8.70. The summed E-state index contributed by atoms with van der Waals surface area (Å²) in [5.41, 5.74) is 5.83. The third-order valence-electron chi connectivity index (χ3n) is 3.69. The number of likely N-dealkylation sites (tertiary alicyclic amines) is 1. The van der Waals surface area contributed by atoms with Gasteiger partial charge in [-0.2, -0.15) is 0 Å². The molecule has 1 aliphatic rings. The molecular weight excluding hydrogens is 224 g/mol. The Morgan fingerprint density at radius 2 is 2.06 bits per heavy atom. The van der Waals surface area contributed by atoms with Crippen LogP contribution in [0.1, 0.15) is 39.5 Å². The van der Waals surface area contributed by atoms with Crippen molar-refractivity contribution in [3.8, 4) is 0 Å². The molecule has 0 spiro atoms. The highest BCUT2D eigenvalue weighted by molar-refractivity contribution is 5.77. The molecule has 3 N–H and O–H groups in total. The van der Waals surface area contributed by atoms with Crippen molar-refractivity contribution in [1.82, 2.24) is 10.2 Å². The van der Waals surface area contributed by atoms with Gasteiger partial charge in [0, 0.05) is 13.1 Å². The number of aliphatic imine (C=N–C) groups is 1. The van der Waals surface area contributed by atoms with E-state index in [0.29, 0.717) is 11.9 Å². The van der Waals surface area contributed by atoms with E-state index in [0.717, 1.165) is 25.4 Å². The standard InChI is InChI=1S/C14H30N4/c1-12(2)4-8-16-14(15)17-9-5-13-6-10-18(3)11-7-13/h12-13H,4-11H2,1-3H3,(H3,15,16,17). The van der Waals surface area contributed by atoms with E-state index in [1.54, 1.807) is 0 Å². The zero-order valence-electron chi connectivity index (χ0n) is 12.3. The molecule has 0 aromatic heterocycles. The van der Waals surface area contributed by atoms with Crippen molar-refractivity contribution in [2.75, 3.05) is 33.2 Å². The summed E-state index contributed by atoms with van der Waals surface area (Å²) in [5, 5.41) is 3.18. The summed E-state index contributed by atoms with van der Waals surface area (Å²) in [6.07, 6.45) is 4.95. The second kappa shape index (κ2) is 8.35. The number of hydrogen-bond acceptors (Lipinski definition) is 2. The Labute approximate surface area is 112 Å². The molecule has 4 nitrogen and oxygen atoms in total. The number of rotatable bonds is 6. The van der Waals surface area contributed by atoms with Crippen LogP contribution in [0.5, 0.6) is 0 Å². The molecule has 0 aliphatic carbocycles. The van der Waals surface area contributed by atoms with Crippen LogP contribution in [0.2, 0.25) is 0 Å². The number of piperidine rings is 1. The monoisotopic (exact) mass is 254 g/mol. The molecule has 1 rings (SSSR count). The molecule has 0 aromatic rings. The van der Waals surface area contributed by atoms with Crippen LogP contribution in [-0.2, 0) is 0 Å². The maximum absolute atomic E-state index is 5.83. The topological polar surface area (TPSA) is 53.6 Å². The fraction of sp³-hybridized carbons (Fsp3) is 0.929. The predicted molar refractivity (Wildman–Crippen MR) is 78.8 cm³/mol. The number of hydrogen-bond donors (Lipinski definition) is 2. The van der Waals surface area contributed by atoms with Gasteiger partial charge in [0.15, 0.2) is 5.96 Å². The van der Waals surface area contributed by atoms with Gasteiger partial charge in [-0.15, -0.1) is 0 Å². The van der Waals surface area contributed by atoms with Crippen LogP contribution < -0.4 is 11.1 Å². The van der Waals surface area contributed by atoms with Gasteiger partial charge in [-0.05, 0) is 57.7 Å². The van der Waals surface area contributed by atoms with Gasteiger partial charge >= 0.3 is 0 Å². The van der Waals surface area contributed by atoms with Crippen LogP contribution in [0.15, 0.2) is 4.99 Å². The van der Waals surface area contributed by atoms with Crippen molar-refractivity contribution in [2.45, 2.75) is 39.5 Å². The van der Waals surface area contributed by atoms with Crippen molar-refractivity contribution >= 4 is 5.96 Å². The summed E-state index contributed by atoms with van der Waals surface area (Å²) >= 11 is 0. The van der Waals surface area contributed by atoms with E-state index in [9.17, 15) is 0 Å². The van der Waals surface area contributed by atoms with Crippen LogP contribution in [0.4, 0.5) is 0 Å². The van der Waals surface area contributed by atoms with Gasteiger partial charge in [-0.25, -0.2) is 0 Å². The lowest BCUT2D eigenvalue weighted by Gasteiger charge is -2.28. The molecule has 0 aromatic carbocycles. The molecule has 18 heavy (non-hydrogen) atoms. The van der Waals surface area contributed by atoms with E-state index < -0.39 is 0 Å². The summed E-state index contributed by atoms with van der Waals surface area (Å²) < 4.78 is 0. The van der Waals surface area contributed by atoms with Crippen molar-refractivity contribution in [3.63, 3.8) is 0 Å². The van der Waals surface area contributed by atoms with Gasteiger partial charge in [0.05, 0.1) is 0 Å². The highest BCUT2D eigenvalue weighted by Crippen LogP contribution is 2.19. The lowest BCUT2D eigenvalue weighted by atomic mass is 9.94. The Balaban J connectivity index is 2.08.